The molecule has 1 fully saturated rings. The van der Waals surface area contributed by atoms with Crippen molar-refractivity contribution in [3.63, 3.8) is 0 Å². The number of nitrogens with zero attached hydrogens (tertiary/aromatic N) is 2. The number of primary amides is 1. The molecule has 1 amide bonds. The number of halogens is 3. The molecule has 0 unspecified atom stereocenters. The standard InChI is InChI=1S/C16H22F3N3O/c1-11(2)22-5-3-21(4-6-22)10-12-7-13(15(20)23)9-14(8-12)16(17,18)19/h7-9,11H,3-6,10H2,1-2H3,(H2,20,23). The minimum Gasteiger partial charge on any atom is -0.366 e. The van der Waals surface area contributed by atoms with Crippen LogP contribution in [0.5, 0.6) is 0 Å². The smallest absolute Gasteiger partial charge is 0.366 e. The summed E-state index contributed by atoms with van der Waals surface area (Å²) < 4.78 is 38.9. The summed E-state index contributed by atoms with van der Waals surface area (Å²) in [5, 5.41) is 0. The summed E-state index contributed by atoms with van der Waals surface area (Å²) in [7, 11) is 0. The first-order chi connectivity index (χ1) is 10.7. The molecule has 1 aliphatic rings. The third kappa shape index (κ3) is 4.68. The minimum absolute atomic E-state index is 0.101. The number of carbonyl (C=O) groups is 1. The monoisotopic (exact) mass is 329 g/mol. The van der Waals surface area contributed by atoms with E-state index in [2.05, 4.69) is 23.6 Å². The lowest BCUT2D eigenvalue weighted by Gasteiger charge is -2.37. The van der Waals surface area contributed by atoms with Gasteiger partial charge in [-0.05, 0) is 37.6 Å². The Labute approximate surface area is 134 Å². The van der Waals surface area contributed by atoms with E-state index in [1.807, 2.05) is 0 Å². The number of piperazine rings is 1. The molecule has 0 radical (unpaired) electrons. The highest BCUT2D eigenvalue weighted by Gasteiger charge is 2.32. The molecule has 0 aliphatic carbocycles. The van der Waals surface area contributed by atoms with Gasteiger partial charge in [0.15, 0.2) is 0 Å². The van der Waals surface area contributed by atoms with E-state index in [1.54, 1.807) is 0 Å². The largest absolute Gasteiger partial charge is 0.416 e. The Hall–Kier alpha value is -1.60. The van der Waals surface area contributed by atoms with Crippen LogP contribution < -0.4 is 5.73 Å². The highest BCUT2D eigenvalue weighted by Crippen LogP contribution is 2.31. The molecule has 0 spiro atoms. The van der Waals surface area contributed by atoms with E-state index in [-0.39, 0.29) is 5.56 Å². The van der Waals surface area contributed by atoms with Crippen LogP contribution in [-0.2, 0) is 12.7 Å². The first-order valence-electron chi connectivity index (χ1n) is 7.64. The van der Waals surface area contributed by atoms with Gasteiger partial charge in [0.25, 0.3) is 0 Å². The van der Waals surface area contributed by atoms with Crippen LogP contribution in [0.2, 0.25) is 0 Å². The average molecular weight is 329 g/mol. The van der Waals surface area contributed by atoms with Crippen LogP contribution in [0.1, 0.15) is 35.3 Å². The molecule has 23 heavy (non-hydrogen) atoms. The normalized spacial score (nSPS) is 17.7. The lowest BCUT2D eigenvalue weighted by molar-refractivity contribution is -0.137. The fourth-order valence-corrected chi connectivity index (χ4v) is 2.79. The molecule has 1 aliphatic heterocycles. The number of hydrogen-bond donors (Lipinski definition) is 1. The van der Waals surface area contributed by atoms with Crippen molar-refractivity contribution in [3.05, 3.63) is 34.9 Å². The molecule has 0 saturated carbocycles. The van der Waals surface area contributed by atoms with E-state index in [9.17, 15) is 18.0 Å². The minimum atomic E-state index is -4.49. The van der Waals surface area contributed by atoms with Gasteiger partial charge in [-0.3, -0.25) is 14.6 Å². The van der Waals surface area contributed by atoms with Gasteiger partial charge in [0, 0.05) is 44.3 Å². The third-order valence-electron chi connectivity index (χ3n) is 4.15. The van der Waals surface area contributed by atoms with Crippen molar-refractivity contribution in [3.8, 4) is 0 Å². The van der Waals surface area contributed by atoms with Gasteiger partial charge >= 0.3 is 6.18 Å². The number of carbonyl (C=O) groups excluding carboxylic acids is 1. The van der Waals surface area contributed by atoms with E-state index in [1.165, 1.54) is 6.07 Å². The zero-order valence-corrected chi connectivity index (χ0v) is 13.4. The van der Waals surface area contributed by atoms with Gasteiger partial charge in [0.1, 0.15) is 0 Å². The van der Waals surface area contributed by atoms with Crippen LogP contribution in [0, 0.1) is 0 Å². The quantitative estimate of drug-likeness (QED) is 0.922. The van der Waals surface area contributed by atoms with Crippen LogP contribution in [0.25, 0.3) is 0 Å². The van der Waals surface area contributed by atoms with Crippen molar-refractivity contribution >= 4 is 5.91 Å². The third-order valence-corrected chi connectivity index (χ3v) is 4.15. The van der Waals surface area contributed by atoms with E-state index in [4.69, 9.17) is 5.73 Å². The predicted octanol–water partition coefficient (Wildman–Crippen LogP) is 2.33. The summed E-state index contributed by atoms with van der Waals surface area (Å²) in [6.07, 6.45) is -4.49. The summed E-state index contributed by atoms with van der Waals surface area (Å²) in [6, 6.07) is 3.82. The molecule has 1 aromatic carbocycles. The number of hydrogen-bond acceptors (Lipinski definition) is 3. The number of rotatable bonds is 4. The predicted molar refractivity (Wildman–Crippen MR) is 81.9 cm³/mol. The molecule has 2 rings (SSSR count). The van der Waals surface area contributed by atoms with Gasteiger partial charge in [-0.2, -0.15) is 13.2 Å². The molecule has 7 heteroatoms. The molecule has 0 atom stereocenters. The molecule has 1 saturated heterocycles. The SMILES string of the molecule is CC(C)N1CCN(Cc2cc(C(N)=O)cc(C(F)(F)F)c2)CC1. The maximum absolute atomic E-state index is 13.0. The molecule has 1 aromatic rings. The Morgan fingerprint density at radius 2 is 1.78 bits per heavy atom. The fraction of sp³-hybridized carbons (Fsp3) is 0.562. The van der Waals surface area contributed by atoms with Crippen molar-refractivity contribution in [2.75, 3.05) is 26.2 Å². The zero-order chi connectivity index (χ0) is 17.2. The van der Waals surface area contributed by atoms with Gasteiger partial charge in [0.2, 0.25) is 5.91 Å². The Bertz CT molecular complexity index is 564. The highest BCUT2D eigenvalue weighted by molar-refractivity contribution is 5.93. The van der Waals surface area contributed by atoms with Gasteiger partial charge in [-0.15, -0.1) is 0 Å². The summed E-state index contributed by atoms with van der Waals surface area (Å²) in [5.74, 6) is -0.845. The Balaban J connectivity index is 2.14. The van der Waals surface area contributed by atoms with Gasteiger partial charge in [-0.25, -0.2) is 0 Å². The van der Waals surface area contributed by atoms with E-state index in [0.29, 0.717) is 18.2 Å². The molecule has 0 aromatic heterocycles. The van der Waals surface area contributed by atoms with Crippen LogP contribution in [0.3, 0.4) is 0 Å². The fourth-order valence-electron chi connectivity index (χ4n) is 2.79. The molecule has 128 valence electrons. The molecular formula is C16H22F3N3O. The van der Waals surface area contributed by atoms with Crippen LogP contribution in [0.15, 0.2) is 18.2 Å². The average Bonchev–Trinajstić information content (AvgIpc) is 2.46. The molecule has 1 heterocycles. The van der Waals surface area contributed by atoms with Gasteiger partial charge in [-0.1, -0.05) is 0 Å². The summed E-state index contributed by atoms with van der Waals surface area (Å²) in [6.45, 7) is 8.00. The number of amides is 1. The van der Waals surface area contributed by atoms with Crippen LogP contribution in [0.4, 0.5) is 13.2 Å². The lowest BCUT2D eigenvalue weighted by Crippen LogP contribution is -2.48. The Morgan fingerprint density at radius 1 is 1.17 bits per heavy atom. The van der Waals surface area contributed by atoms with Crippen molar-refractivity contribution < 1.29 is 18.0 Å². The Morgan fingerprint density at radius 3 is 2.26 bits per heavy atom. The van der Waals surface area contributed by atoms with Gasteiger partial charge < -0.3 is 5.73 Å². The van der Waals surface area contributed by atoms with Gasteiger partial charge in [0.05, 0.1) is 5.56 Å². The van der Waals surface area contributed by atoms with Crippen LogP contribution >= 0.6 is 0 Å². The van der Waals surface area contributed by atoms with E-state index in [0.717, 1.165) is 38.3 Å². The van der Waals surface area contributed by atoms with E-state index < -0.39 is 17.6 Å². The first-order valence-corrected chi connectivity index (χ1v) is 7.64. The number of alkyl halides is 3. The zero-order valence-electron chi connectivity index (χ0n) is 13.4. The summed E-state index contributed by atoms with van der Waals surface area (Å²) in [4.78, 5) is 15.7. The van der Waals surface area contributed by atoms with Crippen molar-refractivity contribution in [2.45, 2.75) is 32.6 Å². The molecular weight excluding hydrogens is 307 g/mol. The van der Waals surface area contributed by atoms with E-state index >= 15 is 0 Å². The van der Waals surface area contributed by atoms with Crippen molar-refractivity contribution in [1.29, 1.82) is 0 Å². The first kappa shape index (κ1) is 17.7. The summed E-state index contributed by atoms with van der Waals surface area (Å²) in [5.41, 5.74) is 4.69. The number of nitrogens with two attached hydrogens (primary N) is 1. The molecule has 2 N–H and O–H groups in total. The lowest BCUT2D eigenvalue weighted by atomic mass is 10.0. The second kappa shape index (κ2) is 6.88. The summed E-state index contributed by atoms with van der Waals surface area (Å²) >= 11 is 0. The molecule has 4 nitrogen and oxygen atoms in total. The molecule has 0 bridgehead atoms. The highest BCUT2D eigenvalue weighted by atomic mass is 19.4. The second-order valence-electron chi connectivity index (χ2n) is 6.19. The number of benzene rings is 1. The van der Waals surface area contributed by atoms with Crippen molar-refractivity contribution in [2.24, 2.45) is 5.73 Å². The maximum Gasteiger partial charge on any atom is 0.416 e. The van der Waals surface area contributed by atoms with Crippen LogP contribution in [-0.4, -0.2) is 47.9 Å². The Kier molecular flexibility index (Phi) is 5.31. The van der Waals surface area contributed by atoms with Crippen molar-refractivity contribution in [1.82, 2.24) is 9.80 Å². The maximum atomic E-state index is 13.0. The second-order valence-corrected chi connectivity index (χ2v) is 6.19. The topological polar surface area (TPSA) is 49.6 Å².